The van der Waals surface area contributed by atoms with Gasteiger partial charge >= 0.3 is 0 Å². The quantitative estimate of drug-likeness (QED) is 0.525. The summed E-state index contributed by atoms with van der Waals surface area (Å²) in [5.74, 6) is 0.399. The number of ketones is 1. The molecule has 0 unspecified atom stereocenters. The number of rotatable bonds is 4. The van der Waals surface area contributed by atoms with Crippen molar-refractivity contribution in [2.75, 3.05) is 21.2 Å². The lowest BCUT2D eigenvalue weighted by Gasteiger charge is -2.04. The number of allylic oxidation sites excluding steroid dienone is 1. The number of benzene rings is 1. The summed E-state index contributed by atoms with van der Waals surface area (Å²) in [5.41, 5.74) is 1.31. The molecule has 1 aromatic carbocycles. The minimum atomic E-state index is -0.323. The normalized spacial score (nSPS) is 11.2. The van der Waals surface area contributed by atoms with Crippen molar-refractivity contribution >= 4 is 16.7 Å². The zero-order valence-corrected chi connectivity index (χ0v) is 11.6. The Morgan fingerprint density at radius 3 is 2.75 bits per heavy atom. The number of fused-ring (bicyclic) bond motifs is 1. The van der Waals surface area contributed by atoms with Gasteiger partial charge in [-0.3, -0.25) is 4.79 Å². The summed E-state index contributed by atoms with van der Waals surface area (Å²) in [6.45, 7) is 0. The summed E-state index contributed by atoms with van der Waals surface area (Å²) < 4.78 is 5.14. The Hall–Kier alpha value is -2.74. The van der Waals surface area contributed by atoms with Crippen molar-refractivity contribution in [2.24, 2.45) is 0 Å². The average Bonchev–Trinajstić information content (AvgIpc) is 2.86. The molecule has 102 valence electrons. The maximum atomic E-state index is 12.3. The van der Waals surface area contributed by atoms with Gasteiger partial charge in [0.2, 0.25) is 5.78 Å². The Bertz CT molecular complexity index is 720. The standard InChI is InChI=1S/C15H15N3O2/c1-18(2)9-11(8-16)15(19)14-7-10-6-12(20-3)4-5-13(10)17-14/h4-7,9,17H,1-3H3/b11-9-. The van der Waals surface area contributed by atoms with Crippen LogP contribution in [0.15, 0.2) is 36.0 Å². The van der Waals surface area contributed by atoms with Crippen LogP contribution in [0.2, 0.25) is 0 Å². The smallest absolute Gasteiger partial charge is 0.221 e. The van der Waals surface area contributed by atoms with Crippen LogP contribution in [0, 0.1) is 11.3 Å². The third-order valence-corrected chi connectivity index (χ3v) is 2.82. The lowest BCUT2D eigenvalue weighted by molar-refractivity contribution is 0.103. The number of aromatic nitrogens is 1. The van der Waals surface area contributed by atoms with E-state index in [0.717, 1.165) is 16.7 Å². The first-order valence-corrected chi connectivity index (χ1v) is 6.05. The molecule has 0 amide bonds. The minimum absolute atomic E-state index is 0.0912. The second-order valence-corrected chi connectivity index (χ2v) is 4.58. The van der Waals surface area contributed by atoms with Crippen molar-refractivity contribution in [3.8, 4) is 11.8 Å². The number of nitriles is 1. The number of methoxy groups -OCH3 is 1. The number of ether oxygens (including phenoxy) is 1. The molecule has 0 saturated heterocycles. The summed E-state index contributed by atoms with van der Waals surface area (Å²) in [6, 6.07) is 9.14. The Labute approximate surface area is 117 Å². The molecule has 2 rings (SSSR count). The van der Waals surface area contributed by atoms with Gasteiger partial charge < -0.3 is 14.6 Å². The van der Waals surface area contributed by atoms with Crippen molar-refractivity contribution in [3.63, 3.8) is 0 Å². The predicted octanol–water partition coefficient (Wildman–Crippen LogP) is 2.33. The molecule has 20 heavy (non-hydrogen) atoms. The van der Waals surface area contributed by atoms with Gasteiger partial charge in [0.05, 0.1) is 12.8 Å². The topological polar surface area (TPSA) is 69.1 Å². The first-order valence-electron chi connectivity index (χ1n) is 6.05. The SMILES string of the molecule is COc1ccc2[nH]c(C(=O)/C(C#N)=C\N(C)C)cc2c1. The molecule has 5 heteroatoms. The predicted molar refractivity (Wildman–Crippen MR) is 76.6 cm³/mol. The van der Waals surface area contributed by atoms with Gasteiger partial charge in [-0.1, -0.05) is 0 Å². The van der Waals surface area contributed by atoms with Crippen molar-refractivity contribution in [3.05, 3.63) is 41.7 Å². The molecule has 0 aliphatic heterocycles. The van der Waals surface area contributed by atoms with Gasteiger partial charge in [0.15, 0.2) is 0 Å². The molecule has 0 bridgehead atoms. The fraction of sp³-hybridized carbons (Fsp3) is 0.200. The highest BCUT2D eigenvalue weighted by molar-refractivity contribution is 6.12. The zero-order chi connectivity index (χ0) is 14.7. The van der Waals surface area contributed by atoms with Gasteiger partial charge in [0, 0.05) is 31.2 Å². The summed E-state index contributed by atoms with van der Waals surface area (Å²) in [7, 11) is 5.12. The highest BCUT2D eigenvalue weighted by Crippen LogP contribution is 2.22. The Morgan fingerprint density at radius 1 is 1.40 bits per heavy atom. The van der Waals surface area contributed by atoms with Gasteiger partial charge in [-0.15, -0.1) is 0 Å². The molecule has 0 atom stereocenters. The number of carbonyl (C=O) groups excluding carboxylic acids is 1. The number of aromatic amines is 1. The van der Waals surface area contributed by atoms with E-state index in [0.29, 0.717) is 5.69 Å². The minimum Gasteiger partial charge on any atom is -0.497 e. The highest BCUT2D eigenvalue weighted by Gasteiger charge is 2.15. The zero-order valence-electron chi connectivity index (χ0n) is 11.6. The summed E-state index contributed by atoms with van der Waals surface area (Å²) in [4.78, 5) is 16.9. The summed E-state index contributed by atoms with van der Waals surface area (Å²) >= 11 is 0. The number of hydrogen-bond donors (Lipinski definition) is 1. The Balaban J connectivity index is 2.43. The molecule has 1 aromatic heterocycles. The van der Waals surface area contributed by atoms with Gasteiger partial charge in [-0.05, 0) is 24.3 Å². The van der Waals surface area contributed by atoms with E-state index in [9.17, 15) is 4.79 Å². The number of Topliss-reactive ketones (excluding diaryl/α,β-unsaturated/α-hetero) is 1. The molecular formula is C15H15N3O2. The second-order valence-electron chi connectivity index (χ2n) is 4.58. The summed E-state index contributed by atoms with van der Waals surface area (Å²) in [6.07, 6.45) is 1.51. The number of hydrogen-bond acceptors (Lipinski definition) is 4. The largest absolute Gasteiger partial charge is 0.497 e. The fourth-order valence-corrected chi connectivity index (χ4v) is 1.90. The van der Waals surface area contributed by atoms with Crippen LogP contribution >= 0.6 is 0 Å². The molecule has 5 nitrogen and oxygen atoms in total. The lowest BCUT2D eigenvalue weighted by atomic mass is 10.1. The van der Waals surface area contributed by atoms with E-state index >= 15 is 0 Å². The molecular weight excluding hydrogens is 254 g/mol. The Morgan fingerprint density at radius 2 is 2.15 bits per heavy atom. The highest BCUT2D eigenvalue weighted by atomic mass is 16.5. The van der Waals surface area contributed by atoms with Crippen LogP contribution in [0.25, 0.3) is 10.9 Å². The summed E-state index contributed by atoms with van der Waals surface area (Å²) in [5, 5.41) is 9.93. The Kier molecular flexibility index (Phi) is 3.76. The lowest BCUT2D eigenvalue weighted by Crippen LogP contribution is -2.09. The molecule has 2 aromatic rings. The molecule has 0 radical (unpaired) electrons. The van der Waals surface area contributed by atoms with E-state index in [1.54, 1.807) is 32.2 Å². The molecule has 0 spiro atoms. The van der Waals surface area contributed by atoms with Crippen LogP contribution in [-0.4, -0.2) is 36.9 Å². The van der Waals surface area contributed by atoms with E-state index in [-0.39, 0.29) is 11.4 Å². The first kappa shape index (κ1) is 13.7. The van der Waals surface area contributed by atoms with E-state index in [4.69, 9.17) is 10.00 Å². The van der Waals surface area contributed by atoms with Gasteiger partial charge in [-0.2, -0.15) is 5.26 Å². The van der Waals surface area contributed by atoms with Crippen molar-refractivity contribution in [1.82, 2.24) is 9.88 Å². The van der Waals surface area contributed by atoms with E-state index < -0.39 is 0 Å². The fourth-order valence-electron chi connectivity index (χ4n) is 1.90. The maximum absolute atomic E-state index is 12.3. The van der Waals surface area contributed by atoms with Crippen molar-refractivity contribution < 1.29 is 9.53 Å². The van der Waals surface area contributed by atoms with E-state index in [1.807, 2.05) is 24.3 Å². The van der Waals surface area contributed by atoms with Crippen LogP contribution in [0.4, 0.5) is 0 Å². The third-order valence-electron chi connectivity index (χ3n) is 2.82. The van der Waals surface area contributed by atoms with Crippen LogP contribution in [-0.2, 0) is 0 Å². The van der Waals surface area contributed by atoms with Gasteiger partial charge in [-0.25, -0.2) is 0 Å². The third kappa shape index (κ3) is 2.64. The molecule has 0 saturated carbocycles. The van der Waals surface area contributed by atoms with Crippen LogP contribution < -0.4 is 4.74 Å². The number of carbonyl (C=O) groups is 1. The van der Waals surface area contributed by atoms with Crippen LogP contribution in [0.3, 0.4) is 0 Å². The van der Waals surface area contributed by atoms with Crippen LogP contribution in [0.1, 0.15) is 10.5 Å². The van der Waals surface area contributed by atoms with Crippen molar-refractivity contribution in [1.29, 1.82) is 5.26 Å². The van der Waals surface area contributed by atoms with Crippen LogP contribution in [0.5, 0.6) is 5.75 Å². The van der Waals surface area contributed by atoms with E-state index in [2.05, 4.69) is 4.98 Å². The maximum Gasteiger partial charge on any atom is 0.221 e. The monoisotopic (exact) mass is 269 g/mol. The van der Waals surface area contributed by atoms with E-state index in [1.165, 1.54) is 6.20 Å². The molecule has 1 N–H and O–H groups in total. The van der Waals surface area contributed by atoms with Gasteiger partial charge in [0.25, 0.3) is 0 Å². The van der Waals surface area contributed by atoms with Crippen molar-refractivity contribution in [2.45, 2.75) is 0 Å². The number of nitrogens with zero attached hydrogens (tertiary/aromatic N) is 2. The average molecular weight is 269 g/mol. The number of nitrogens with one attached hydrogen (secondary N) is 1. The van der Waals surface area contributed by atoms with Gasteiger partial charge in [0.1, 0.15) is 17.4 Å². The number of H-pyrrole nitrogens is 1. The molecule has 0 aliphatic carbocycles. The molecule has 1 heterocycles. The second kappa shape index (κ2) is 5.49. The molecule has 0 aliphatic rings. The molecule has 0 fully saturated rings. The first-order chi connectivity index (χ1) is 9.55.